The minimum atomic E-state index is -0.255. The molecule has 1 rings (SSSR count). The van der Waals surface area contributed by atoms with Crippen LogP contribution in [0.1, 0.15) is 34.0 Å². The lowest BCUT2D eigenvalue weighted by Crippen LogP contribution is -2.13. The molecule has 0 fully saturated rings. The third-order valence-electron chi connectivity index (χ3n) is 2.03. The van der Waals surface area contributed by atoms with Crippen LogP contribution >= 0.6 is 11.3 Å². The summed E-state index contributed by atoms with van der Waals surface area (Å²) in [5.74, 6) is -0.255. The molecule has 0 spiro atoms. The van der Waals surface area contributed by atoms with E-state index in [1.165, 1.54) is 0 Å². The molecule has 0 N–H and O–H groups in total. The maximum atomic E-state index is 11.7. The molecular formula is C12H18O3S. The summed E-state index contributed by atoms with van der Waals surface area (Å²) >= 11 is 1.61. The summed E-state index contributed by atoms with van der Waals surface area (Å²) in [7, 11) is 0. The van der Waals surface area contributed by atoms with Crippen molar-refractivity contribution in [2.24, 2.45) is 0 Å². The predicted octanol–water partition coefficient (Wildman–Crippen LogP) is 2.95. The second-order valence-electron chi connectivity index (χ2n) is 3.88. The number of hydrogen-bond acceptors (Lipinski definition) is 4. The van der Waals surface area contributed by atoms with Crippen molar-refractivity contribution in [3.05, 3.63) is 21.4 Å². The molecule has 1 heterocycles. The van der Waals surface area contributed by atoms with Gasteiger partial charge >= 0.3 is 5.97 Å². The molecule has 0 aliphatic carbocycles. The van der Waals surface area contributed by atoms with Crippen LogP contribution in [0.2, 0.25) is 0 Å². The summed E-state index contributed by atoms with van der Waals surface area (Å²) in [6, 6.07) is 1.87. The molecule has 0 saturated heterocycles. The average molecular weight is 242 g/mol. The monoisotopic (exact) mass is 242 g/mol. The molecule has 0 saturated carbocycles. The first kappa shape index (κ1) is 13.2. The highest BCUT2D eigenvalue weighted by atomic mass is 32.1. The second kappa shape index (κ2) is 6.01. The number of aryl methyl sites for hydroxylation is 2. The van der Waals surface area contributed by atoms with Crippen molar-refractivity contribution in [2.45, 2.75) is 33.8 Å². The number of carbonyl (C=O) groups excluding carboxylic acids is 1. The van der Waals surface area contributed by atoms with Gasteiger partial charge in [-0.3, -0.25) is 0 Å². The highest BCUT2D eigenvalue weighted by Gasteiger charge is 2.12. The maximum Gasteiger partial charge on any atom is 0.339 e. The molecule has 90 valence electrons. The Labute approximate surface area is 100 Å². The molecule has 0 aromatic carbocycles. The van der Waals surface area contributed by atoms with Crippen LogP contribution in [0.25, 0.3) is 0 Å². The first-order chi connectivity index (χ1) is 7.50. The standard InChI is InChI=1S/C12H18O3S/c1-8(2)14-5-6-15-12(13)11-7-9(3)16-10(11)4/h7-8H,5-6H2,1-4H3. The van der Waals surface area contributed by atoms with Gasteiger partial charge < -0.3 is 9.47 Å². The normalized spacial score (nSPS) is 10.8. The lowest BCUT2D eigenvalue weighted by molar-refractivity contribution is 0.0177. The predicted molar refractivity (Wildman–Crippen MR) is 65.2 cm³/mol. The molecule has 0 radical (unpaired) electrons. The molecule has 0 aliphatic rings. The Morgan fingerprint density at radius 3 is 2.56 bits per heavy atom. The van der Waals surface area contributed by atoms with E-state index in [9.17, 15) is 4.79 Å². The highest BCUT2D eigenvalue weighted by Crippen LogP contribution is 2.21. The Morgan fingerprint density at radius 1 is 1.38 bits per heavy atom. The van der Waals surface area contributed by atoms with E-state index in [1.807, 2.05) is 33.8 Å². The molecule has 1 aromatic heterocycles. The van der Waals surface area contributed by atoms with Crippen LogP contribution in [0, 0.1) is 13.8 Å². The zero-order valence-corrected chi connectivity index (χ0v) is 11.0. The van der Waals surface area contributed by atoms with Gasteiger partial charge in [-0.2, -0.15) is 0 Å². The van der Waals surface area contributed by atoms with Crippen molar-refractivity contribution in [3.63, 3.8) is 0 Å². The largest absolute Gasteiger partial charge is 0.460 e. The van der Waals surface area contributed by atoms with Crippen LogP contribution in [0.15, 0.2) is 6.07 Å². The van der Waals surface area contributed by atoms with Gasteiger partial charge in [0.05, 0.1) is 18.3 Å². The smallest absolute Gasteiger partial charge is 0.339 e. The number of hydrogen-bond donors (Lipinski definition) is 0. The van der Waals surface area contributed by atoms with Crippen LogP contribution < -0.4 is 0 Å². The minimum Gasteiger partial charge on any atom is -0.460 e. The summed E-state index contributed by atoms with van der Waals surface area (Å²) in [5, 5.41) is 0. The van der Waals surface area contributed by atoms with E-state index in [0.29, 0.717) is 18.8 Å². The van der Waals surface area contributed by atoms with Crippen LogP contribution in [0.4, 0.5) is 0 Å². The van der Waals surface area contributed by atoms with Crippen LogP contribution in [-0.2, 0) is 9.47 Å². The first-order valence-corrected chi connectivity index (χ1v) is 6.18. The lowest BCUT2D eigenvalue weighted by Gasteiger charge is -2.07. The fourth-order valence-corrected chi connectivity index (χ4v) is 2.24. The highest BCUT2D eigenvalue weighted by molar-refractivity contribution is 7.12. The summed E-state index contributed by atoms with van der Waals surface area (Å²) in [6.45, 7) is 8.58. The van der Waals surface area contributed by atoms with Gasteiger partial charge in [-0.05, 0) is 33.8 Å². The summed E-state index contributed by atoms with van der Waals surface area (Å²) < 4.78 is 10.4. The van der Waals surface area contributed by atoms with E-state index in [-0.39, 0.29) is 12.1 Å². The fourth-order valence-electron chi connectivity index (χ4n) is 1.33. The quantitative estimate of drug-likeness (QED) is 0.588. The molecule has 1 aromatic rings. The zero-order valence-electron chi connectivity index (χ0n) is 10.2. The van der Waals surface area contributed by atoms with Gasteiger partial charge in [0.25, 0.3) is 0 Å². The van der Waals surface area contributed by atoms with Gasteiger partial charge in [-0.15, -0.1) is 11.3 Å². The van der Waals surface area contributed by atoms with Crippen molar-refractivity contribution in [2.75, 3.05) is 13.2 Å². The molecule has 0 bridgehead atoms. The molecule has 4 heteroatoms. The molecule has 16 heavy (non-hydrogen) atoms. The Morgan fingerprint density at radius 2 is 2.06 bits per heavy atom. The van der Waals surface area contributed by atoms with Crippen LogP contribution in [0.3, 0.4) is 0 Å². The Hall–Kier alpha value is -0.870. The van der Waals surface area contributed by atoms with Crippen molar-refractivity contribution in [3.8, 4) is 0 Å². The van der Waals surface area contributed by atoms with E-state index in [0.717, 1.165) is 9.75 Å². The van der Waals surface area contributed by atoms with Gasteiger partial charge in [-0.1, -0.05) is 0 Å². The van der Waals surface area contributed by atoms with E-state index in [4.69, 9.17) is 9.47 Å². The summed E-state index contributed by atoms with van der Waals surface area (Å²) in [6.07, 6.45) is 0.170. The third-order valence-corrected chi connectivity index (χ3v) is 2.99. The Balaban J connectivity index is 2.38. The van der Waals surface area contributed by atoms with Gasteiger partial charge in [0, 0.05) is 9.75 Å². The van der Waals surface area contributed by atoms with E-state index in [1.54, 1.807) is 11.3 Å². The zero-order chi connectivity index (χ0) is 12.1. The van der Waals surface area contributed by atoms with Crippen LogP contribution in [-0.4, -0.2) is 25.3 Å². The third kappa shape index (κ3) is 3.94. The summed E-state index contributed by atoms with van der Waals surface area (Å²) in [4.78, 5) is 13.8. The number of carbonyl (C=O) groups is 1. The first-order valence-electron chi connectivity index (χ1n) is 5.36. The van der Waals surface area contributed by atoms with Crippen molar-refractivity contribution in [1.82, 2.24) is 0 Å². The van der Waals surface area contributed by atoms with E-state index >= 15 is 0 Å². The molecule has 0 unspecified atom stereocenters. The van der Waals surface area contributed by atoms with Gasteiger partial charge in [0.15, 0.2) is 0 Å². The Kier molecular flexibility index (Phi) is 4.96. The molecule has 0 amide bonds. The number of ether oxygens (including phenoxy) is 2. The second-order valence-corrected chi connectivity index (χ2v) is 5.34. The number of rotatable bonds is 5. The van der Waals surface area contributed by atoms with Crippen molar-refractivity contribution in [1.29, 1.82) is 0 Å². The molecular weight excluding hydrogens is 224 g/mol. The molecule has 0 aliphatic heterocycles. The number of thiophene rings is 1. The van der Waals surface area contributed by atoms with E-state index in [2.05, 4.69) is 0 Å². The number of esters is 1. The molecule has 3 nitrogen and oxygen atoms in total. The van der Waals surface area contributed by atoms with Crippen molar-refractivity contribution < 1.29 is 14.3 Å². The average Bonchev–Trinajstić information content (AvgIpc) is 2.52. The maximum absolute atomic E-state index is 11.7. The van der Waals surface area contributed by atoms with E-state index < -0.39 is 0 Å². The van der Waals surface area contributed by atoms with Crippen molar-refractivity contribution >= 4 is 17.3 Å². The lowest BCUT2D eigenvalue weighted by atomic mass is 10.2. The minimum absolute atomic E-state index is 0.170. The SMILES string of the molecule is Cc1cc(C(=O)OCCOC(C)C)c(C)s1. The van der Waals surface area contributed by atoms with Gasteiger partial charge in [0.1, 0.15) is 6.61 Å². The Bertz CT molecular complexity index is 355. The summed E-state index contributed by atoms with van der Waals surface area (Å²) in [5.41, 5.74) is 0.673. The molecule has 0 atom stereocenters. The fraction of sp³-hybridized carbons (Fsp3) is 0.583. The van der Waals surface area contributed by atoms with Gasteiger partial charge in [-0.25, -0.2) is 4.79 Å². The van der Waals surface area contributed by atoms with Crippen LogP contribution in [0.5, 0.6) is 0 Å². The van der Waals surface area contributed by atoms with Gasteiger partial charge in [0.2, 0.25) is 0 Å². The topological polar surface area (TPSA) is 35.5 Å².